The van der Waals surface area contributed by atoms with Crippen LogP contribution in [0.25, 0.3) is 0 Å². The van der Waals surface area contributed by atoms with Crippen molar-refractivity contribution in [2.45, 2.75) is 4.90 Å². The van der Waals surface area contributed by atoms with Gasteiger partial charge in [-0.05, 0) is 24.3 Å². The van der Waals surface area contributed by atoms with E-state index in [4.69, 9.17) is 4.55 Å². The Morgan fingerprint density at radius 3 is 2.00 bits per heavy atom. The number of benzene rings is 2. The number of hydrogen-bond acceptors (Lipinski definition) is 3. The van der Waals surface area contributed by atoms with Crippen molar-refractivity contribution in [2.24, 2.45) is 0 Å². The van der Waals surface area contributed by atoms with Crippen molar-refractivity contribution in [1.82, 2.24) is 0 Å². The van der Waals surface area contributed by atoms with Crippen LogP contribution in [0.3, 0.4) is 0 Å². The van der Waals surface area contributed by atoms with Gasteiger partial charge in [0.2, 0.25) is 0 Å². The van der Waals surface area contributed by atoms with Gasteiger partial charge in [-0.25, -0.2) is 0 Å². The molecule has 0 fully saturated rings. The zero-order valence-corrected chi connectivity index (χ0v) is 11.6. The summed E-state index contributed by atoms with van der Waals surface area (Å²) in [5.41, 5.74) is 0.437. The zero-order chi connectivity index (χ0) is 13.9. The first kappa shape index (κ1) is 18.7. The molecule has 1 amide bonds. The van der Waals surface area contributed by atoms with Gasteiger partial charge in [0.25, 0.3) is 16.0 Å². The second-order valence-electron chi connectivity index (χ2n) is 3.79. The summed E-state index contributed by atoms with van der Waals surface area (Å²) in [4.78, 5) is 11.6. The lowest BCUT2D eigenvalue weighted by atomic mass is 10.2. The Labute approximate surface area is 121 Å². The van der Waals surface area contributed by atoms with Crippen LogP contribution in [0.4, 0.5) is 5.69 Å². The molecule has 0 aliphatic rings. The van der Waals surface area contributed by atoms with Crippen LogP contribution in [-0.2, 0) is 10.1 Å². The molecule has 8 heteroatoms. The molecule has 0 aliphatic heterocycles. The van der Waals surface area contributed by atoms with Crippen molar-refractivity contribution >= 4 is 21.7 Å². The largest absolute Gasteiger partial charge is 0.412 e. The van der Waals surface area contributed by atoms with E-state index >= 15 is 0 Å². The molecule has 0 atom stereocenters. The first-order chi connectivity index (χ1) is 8.98. The minimum absolute atomic E-state index is 0. The van der Waals surface area contributed by atoms with Gasteiger partial charge in [0.15, 0.2) is 0 Å². The Morgan fingerprint density at radius 2 is 1.43 bits per heavy atom. The van der Waals surface area contributed by atoms with Crippen molar-refractivity contribution in [3.05, 3.63) is 60.2 Å². The normalized spacial score (nSPS) is 9.95. The van der Waals surface area contributed by atoms with E-state index in [2.05, 4.69) is 5.32 Å². The summed E-state index contributed by atoms with van der Waals surface area (Å²) in [5.74, 6) is -0.448. The van der Waals surface area contributed by atoms with Gasteiger partial charge in [0.05, 0.1) is 5.69 Å². The quantitative estimate of drug-likeness (QED) is 0.795. The number of para-hydroxylation sites is 1. The maximum absolute atomic E-state index is 11.9. The number of carbonyl (C=O) groups is 1. The summed E-state index contributed by atoms with van der Waals surface area (Å²) in [6.45, 7) is 0. The van der Waals surface area contributed by atoms with Crippen LogP contribution in [0.2, 0.25) is 0 Å². The van der Waals surface area contributed by atoms with Gasteiger partial charge < -0.3 is 16.3 Å². The van der Waals surface area contributed by atoms with Gasteiger partial charge in [-0.1, -0.05) is 30.3 Å². The van der Waals surface area contributed by atoms with E-state index in [1.54, 1.807) is 36.4 Å². The van der Waals surface area contributed by atoms with Crippen LogP contribution in [0.15, 0.2) is 59.5 Å². The highest BCUT2D eigenvalue weighted by Gasteiger charge is 2.16. The summed E-state index contributed by atoms with van der Waals surface area (Å²) < 4.78 is 31.4. The third kappa shape index (κ3) is 4.65. The zero-order valence-electron chi connectivity index (χ0n) is 10.8. The average Bonchev–Trinajstić information content (AvgIpc) is 2.39. The first-order valence-corrected chi connectivity index (χ1v) is 6.85. The molecule has 2 rings (SSSR count). The molecular formula is C13H15NO6S. The van der Waals surface area contributed by atoms with Gasteiger partial charge in [-0.3, -0.25) is 9.35 Å². The van der Waals surface area contributed by atoms with Crippen molar-refractivity contribution in [3.63, 3.8) is 0 Å². The van der Waals surface area contributed by atoms with Gasteiger partial charge in [0, 0.05) is 5.56 Å². The molecule has 0 unspecified atom stereocenters. The van der Waals surface area contributed by atoms with E-state index in [0.29, 0.717) is 5.56 Å². The molecule has 0 saturated carbocycles. The summed E-state index contributed by atoms with van der Waals surface area (Å²) in [5, 5.41) is 2.46. The van der Waals surface area contributed by atoms with E-state index in [-0.39, 0.29) is 21.5 Å². The standard InChI is InChI=1S/C13H11NO4S.2H2O/c15-13(10-6-2-1-3-7-10)14-11-8-4-5-9-12(11)19(16,17)18;;/h1-9H,(H,14,15)(H,16,17,18);2*1H2. The van der Waals surface area contributed by atoms with E-state index in [1.165, 1.54) is 18.2 Å². The first-order valence-electron chi connectivity index (χ1n) is 5.41. The molecule has 0 aromatic heterocycles. The fourth-order valence-corrected chi connectivity index (χ4v) is 2.23. The van der Waals surface area contributed by atoms with Gasteiger partial charge >= 0.3 is 0 Å². The van der Waals surface area contributed by atoms with Gasteiger partial charge in [0.1, 0.15) is 4.90 Å². The minimum Gasteiger partial charge on any atom is -0.412 e. The topological polar surface area (TPSA) is 146 Å². The number of nitrogens with one attached hydrogen (secondary N) is 1. The molecule has 0 heterocycles. The molecule has 0 bridgehead atoms. The van der Waals surface area contributed by atoms with Crippen LogP contribution < -0.4 is 5.32 Å². The SMILES string of the molecule is O.O.O=C(Nc1ccccc1S(=O)(=O)O)c1ccccc1. The van der Waals surface area contributed by atoms with Crippen molar-refractivity contribution in [3.8, 4) is 0 Å². The third-order valence-corrected chi connectivity index (χ3v) is 3.36. The highest BCUT2D eigenvalue weighted by Crippen LogP contribution is 2.21. The number of carbonyl (C=O) groups excluding carboxylic acids is 1. The lowest BCUT2D eigenvalue weighted by molar-refractivity contribution is 0.102. The predicted octanol–water partition coefficient (Wildman–Crippen LogP) is 0.536. The monoisotopic (exact) mass is 313 g/mol. The molecule has 2 aromatic carbocycles. The Kier molecular flexibility index (Phi) is 6.70. The van der Waals surface area contributed by atoms with Gasteiger partial charge in [-0.15, -0.1) is 0 Å². The van der Waals surface area contributed by atoms with Gasteiger partial charge in [-0.2, -0.15) is 8.42 Å². The molecule has 0 radical (unpaired) electrons. The highest BCUT2D eigenvalue weighted by atomic mass is 32.2. The lowest BCUT2D eigenvalue weighted by Gasteiger charge is -2.08. The van der Waals surface area contributed by atoms with Crippen molar-refractivity contribution in [1.29, 1.82) is 0 Å². The average molecular weight is 313 g/mol. The maximum atomic E-state index is 11.9. The molecule has 21 heavy (non-hydrogen) atoms. The van der Waals surface area contributed by atoms with Crippen LogP contribution >= 0.6 is 0 Å². The molecule has 2 aromatic rings. The second-order valence-corrected chi connectivity index (χ2v) is 5.18. The van der Waals surface area contributed by atoms with E-state index in [0.717, 1.165) is 0 Å². The summed E-state index contributed by atoms with van der Waals surface area (Å²) in [6, 6.07) is 14.0. The number of rotatable bonds is 3. The Hall–Kier alpha value is -2.26. The molecule has 0 spiro atoms. The lowest BCUT2D eigenvalue weighted by Crippen LogP contribution is -2.14. The Morgan fingerprint density at radius 1 is 0.905 bits per heavy atom. The second kappa shape index (κ2) is 7.50. The molecule has 0 saturated heterocycles. The molecule has 6 N–H and O–H groups in total. The van der Waals surface area contributed by atoms with Crippen LogP contribution in [0.1, 0.15) is 10.4 Å². The van der Waals surface area contributed by atoms with Crippen LogP contribution in [0, 0.1) is 0 Å². The molecule has 114 valence electrons. The molecule has 7 nitrogen and oxygen atoms in total. The fourth-order valence-electron chi connectivity index (χ4n) is 1.58. The summed E-state index contributed by atoms with van der Waals surface area (Å²) in [7, 11) is -4.38. The molecule has 0 aliphatic carbocycles. The Balaban J connectivity index is 0.00000200. The number of anilines is 1. The Bertz CT molecular complexity index is 700. The third-order valence-electron chi connectivity index (χ3n) is 2.45. The van der Waals surface area contributed by atoms with Crippen LogP contribution in [0.5, 0.6) is 0 Å². The number of hydrogen-bond donors (Lipinski definition) is 2. The summed E-state index contributed by atoms with van der Waals surface area (Å²) in [6.07, 6.45) is 0. The summed E-state index contributed by atoms with van der Waals surface area (Å²) >= 11 is 0. The van der Waals surface area contributed by atoms with E-state index < -0.39 is 16.0 Å². The van der Waals surface area contributed by atoms with E-state index in [1.807, 2.05) is 0 Å². The molecular weight excluding hydrogens is 298 g/mol. The number of amides is 1. The van der Waals surface area contributed by atoms with Crippen molar-refractivity contribution in [2.75, 3.05) is 5.32 Å². The predicted molar refractivity (Wildman–Crippen MR) is 77.9 cm³/mol. The fraction of sp³-hybridized carbons (Fsp3) is 0. The van der Waals surface area contributed by atoms with E-state index in [9.17, 15) is 13.2 Å². The minimum atomic E-state index is -4.38. The maximum Gasteiger partial charge on any atom is 0.296 e. The smallest absolute Gasteiger partial charge is 0.296 e. The van der Waals surface area contributed by atoms with Crippen molar-refractivity contribution < 1.29 is 28.7 Å². The van der Waals surface area contributed by atoms with Crippen LogP contribution in [-0.4, -0.2) is 29.8 Å². The highest BCUT2D eigenvalue weighted by molar-refractivity contribution is 7.86.